The molecule has 0 spiro atoms. The summed E-state index contributed by atoms with van der Waals surface area (Å²) >= 11 is 0. The molecule has 0 aromatic rings. The van der Waals surface area contributed by atoms with Gasteiger partial charge in [-0.05, 0) is 44.9 Å². The molecule has 1 unspecified atom stereocenters. The molecule has 0 amide bonds. The van der Waals surface area contributed by atoms with E-state index in [4.69, 9.17) is 4.74 Å². The quantitative estimate of drug-likeness (QED) is 0.352. The highest BCUT2D eigenvalue weighted by molar-refractivity contribution is 5.84. The maximum absolute atomic E-state index is 12.2. The molecule has 4 nitrogen and oxygen atoms in total. The number of ketones is 1. The van der Waals surface area contributed by atoms with Gasteiger partial charge in [-0.15, -0.1) is 0 Å². The van der Waals surface area contributed by atoms with E-state index in [0.29, 0.717) is 12.8 Å². The molecule has 1 saturated carbocycles. The predicted octanol–water partition coefficient (Wildman–Crippen LogP) is 3.96. The fraction of sp³-hybridized carbons (Fsp3) is 0.800. The first-order valence-electron chi connectivity index (χ1n) is 9.67. The first-order chi connectivity index (χ1) is 11.6. The van der Waals surface area contributed by atoms with E-state index in [1.807, 2.05) is 0 Å². The van der Waals surface area contributed by atoms with E-state index >= 15 is 0 Å². The largest absolute Gasteiger partial charge is 0.462 e. The number of aliphatic hydroxyl groups is 1. The third-order valence-electron chi connectivity index (χ3n) is 5.13. The Kier molecular flexibility index (Phi) is 7.97. The lowest BCUT2D eigenvalue weighted by Gasteiger charge is -2.22. The van der Waals surface area contributed by atoms with Crippen LogP contribution in [-0.2, 0) is 14.3 Å². The summed E-state index contributed by atoms with van der Waals surface area (Å²) in [6, 6.07) is 0. The Balaban J connectivity index is 1.58. The molecule has 2 aliphatic rings. The lowest BCUT2D eigenvalue weighted by molar-refractivity contribution is -0.155. The number of cyclic esters (lactones) is 1. The predicted molar refractivity (Wildman–Crippen MR) is 93.5 cm³/mol. The van der Waals surface area contributed by atoms with Gasteiger partial charge in [0, 0.05) is 24.7 Å². The summed E-state index contributed by atoms with van der Waals surface area (Å²) < 4.78 is 5.35. The average molecular weight is 336 g/mol. The van der Waals surface area contributed by atoms with Crippen LogP contribution in [0, 0.1) is 11.8 Å². The SMILES string of the molecule is CCCCC/C=C\CCC(O)CC(=O)[C@@H]1C[C@H]1[C@@H]1CCCC(=O)O1. The third-order valence-corrected chi connectivity index (χ3v) is 5.13. The number of carbonyl (C=O) groups excluding carboxylic acids is 2. The number of aliphatic hydroxyl groups excluding tert-OH is 1. The zero-order chi connectivity index (χ0) is 17.4. The molecular formula is C20H32O4. The molecule has 136 valence electrons. The van der Waals surface area contributed by atoms with Crippen LogP contribution in [0.2, 0.25) is 0 Å². The molecule has 1 N–H and O–H groups in total. The van der Waals surface area contributed by atoms with Gasteiger partial charge in [0.1, 0.15) is 11.9 Å². The van der Waals surface area contributed by atoms with E-state index in [1.54, 1.807) is 0 Å². The van der Waals surface area contributed by atoms with Crippen molar-refractivity contribution >= 4 is 11.8 Å². The van der Waals surface area contributed by atoms with Gasteiger partial charge in [-0.25, -0.2) is 0 Å². The molecule has 1 saturated heterocycles. The monoisotopic (exact) mass is 336 g/mol. The molecule has 24 heavy (non-hydrogen) atoms. The van der Waals surface area contributed by atoms with E-state index in [2.05, 4.69) is 19.1 Å². The Morgan fingerprint density at radius 3 is 2.88 bits per heavy atom. The molecule has 0 aromatic carbocycles. The second-order valence-electron chi connectivity index (χ2n) is 7.30. The minimum Gasteiger partial charge on any atom is -0.462 e. The first-order valence-corrected chi connectivity index (χ1v) is 9.67. The number of unbranched alkanes of at least 4 members (excludes halogenated alkanes) is 3. The van der Waals surface area contributed by atoms with Crippen molar-refractivity contribution in [3.63, 3.8) is 0 Å². The second kappa shape index (κ2) is 9.97. The third kappa shape index (κ3) is 6.39. The number of esters is 1. The Morgan fingerprint density at radius 1 is 1.33 bits per heavy atom. The van der Waals surface area contributed by atoms with Crippen LogP contribution in [0.15, 0.2) is 12.2 Å². The number of ether oxygens (including phenoxy) is 1. The molecule has 0 aromatic heterocycles. The summed E-state index contributed by atoms with van der Waals surface area (Å²) in [6.07, 6.45) is 13.3. The molecule has 0 radical (unpaired) electrons. The molecule has 4 heteroatoms. The maximum Gasteiger partial charge on any atom is 0.306 e. The van der Waals surface area contributed by atoms with Gasteiger partial charge in [0.15, 0.2) is 0 Å². The fourth-order valence-corrected chi connectivity index (χ4v) is 3.55. The highest BCUT2D eigenvalue weighted by Gasteiger charge is 2.49. The molecule has 1 aliphatic carbocycles. The van der Waals surface area contributed by atoms with Gasteiger partial charge in [-0.3, -0.25) is 9.59 Å². The van der Waals surface area contributed by atoms with Crippen LogP contribution >= 0.6 is 0 Å². The second-order valence-corrected chi connectivity index (χ2v) is 7.30. The van der Waals surface area contributed by atoms with Gasteiger partial charge >= 0.3 is 5.97 Å². The first kappa shape index (κ1) is 19.2. The van der Waals surface area contributed by atoms with Crippen LogP contribution in [0.25, 0.3) is 0 Å². The van der Waals surface area contributed by atoms with Gasteiger partial charge in [-0.1, -0.05) is 31.9 Å². The van der Waals surface area contributed by atoms with Crippen molar-refractivity contribution in [3.05, 3.63) is 12.2 Å². The normalized spacial score (nSPS) is 27.9. The van der Waals surface area contributed by atoms with Crippen LogP contribution in [0.1, 0.15) is 77.6 Å². The Labute approximate surface area is 145 Å². The van der Waals surface area contributed by atoms with E-state index < -0.39 is 6.10 Å². The van der Waals surface area contributed by atoms with Gasteiger partial charge in [0.25, 0.3) is 0 Å². The summed E-state index contributed by atoms with van der Waals surface area (Å²) in [7, 11) is 0. The Morgan fingerprint density at radius 2 is 2.12 bits per heavy atom. The molecule has 2 rings (SSSR count). The summed E-state index contributed by atoms with van der Waals surface area (Å²) in [5.74, 6) is 0.212. The molecule has 0 bridgehead atoms. The van der Waals surface area contributed by atoms with Crippen molar-refractivity contribution < 1.29 is 19.4 Å². The van der Waals surface area contributed by atoms with Crippen LogP contribution in [-0.4, -0.2) is 29.1 Å². The van der Waals surface area contributed by atoms with Crippen LogP contribution in [0.4, 0.5) is 0 Å². The number of hydrogen-bond donors (Lipinski definition) is 1. The van der Waals surface area contributed by atoms with Gasteiger partial charge < -0.3 is 9.84 Å². The smallest absolute Gasteiger partial charge is 0.306 e. The number of hydrogen-bond acceptors (Lipinski definition) is 4. The van der Waals surface area contributed by atoms with Crippen molar-refractivity contribution in [2.24, 2.45) is 11.8 Å². The fourth-order valence-electron chi connectivity index (χ4n) is 3.55. The standard InChI is InChI=1S/C20H32O4/c1-2-3-4-5-6-7-8-10-15(21)13-18(22)16-14-17(16)19-11-9-12-20(23)24-19/h6-7,15-17,19,21H,2-5,8-14H2,1H3/b7-6-/t15?,16-,17-,19+/m1/s1. The highest BCUT2D eigenvalue weighted by Crippen LogP contribution is 2.46. The lowest BCUT2D eigenvalue weighted by atomic mass is 10.00. The molecule has 1 heterocycles. The minimum absolute atomic E-state index is 0.000126. The summed E-state index contributed by atoms with van der Waals surface area (Å²) in [5, 5.41) is 10.0. The lowest BCUT2D eigenvalue weighted by Crippen LogP contribution is -2.27. The summed E-state index contributed by atoms with van der Waals surface area (Å²) in [6.45, 7) is 2.19. The van der Waals surface area contributed by atoms with Crippen molar-refractivity contribution in [2.75, 3.05) is 0 Å². The maximum atomic E-state index is 12.2. The van der Waals surface area contributed by atoms with Gasteiger partial charge in [0.05, 0.1) is 6.10 Å². The Hall–Kier alpha value is -1.16. The number of allylic oxidation sites excluding steroid dienone is 2. The molecule has 2 fully saturated rings. The zero-order valence-corrected chi connectivity index (χ0v) is 14.9. The van der Waals surface area contributed by atoms with E-state index in [-0.39, 0.29) is 36.1 Å². The van der Waals surface area contributed by atoms with Gasteiger partial charge in [-0.2, -0.15) is 0 Å². The average Bonchev–Trinajstić information content (AvgIpc) is 3.35. The Bertz CT molecular complexity index is 443. The number of carbonyl (C=O) groups is 2. The summed E-state index contributed by atoms with van der Waals surface area (Å²) in [5.41, 5.74) is 0. The molecule has 4 atom stereocenters. The zero-order valence-electron chi connectivity index (χ0n) is 14.9. The van der Waals surface area contributed by atoms with Crippen LogP contribution < -0.4 is 0 Å². The highest BCUT2D eigenvalue weighted by atomic mass is 16.5. The number of Topliss-reactive ketones (excluding diaryl/α,β-unsaturated/α-hetero) is 1. The van der Waals surface area contributed by atoms with E-state index in [1.165, 1.54) is 19.3 Å². The summed E-state index contributed by atoms with van der Waals surface area (Å²) in [4.78, 5) is 23.6. The number of rotatable bonds is 11. The minimum atomic E-state index is -0.548. The van der Waals surface area contributed by atoms with E-state index in [9.17, 15) is 14.7 Å². The van der Waals surface area contributed by atoms with Crippen LogP contribution in [0.3, 0.4) is 0 Å². The van der Waals surface area contributed by atoms with Crippen molar-refractivity contribution in [1.82, 2.24) is 0 Å². The van der Waals surface area contributed by atoms with Crippen molar-refractivity contribution in [2.45, 2.75) is 89.8 Å². The van der Waals surface area contributed by atoms with E-state index in [0.717, 1.165) is 32.1 Å². The molecular weight excluding hydrogens is 304 g/mol. The van der Waals surface area contributed by atoms with Crippen molar-refractivity contribution in [3.8, 4) is 0 Å². The van der Waals surface area contributed by atoms with Crippen molar-refractivity contribution in [1.29, 1.82) is 0 Å². The molecule has 1 aliphatic heterocycles. The van der Waals surface area contributed by atoms with Crippen LogP contribution in [0.5, 0.6) is 0 Å². The topological polar surface area (TPSA) is 63.6 Å². The van der Waals surface area contributed by atoms with Gasteiger partial charge in [0.2, 0.25) is 0 Å².